The number of hydrogen-bond acceptors (Lipinski definition) is 8. The maximum atomic E-state index is 13.7. The van der Waals surface area contributed by atoms with Crippen molar-refractivity contribution in [1.82, 2.24) is 0 Å². The molecule has 0 aromatic heterocycles. The van der Waals surface area contributed by atoms with Gasteiger partial charge in [-0.25, -0.2) is 27.1 Å². The van der Waals surface area contributed by atoms with Crippen LogP contribution in [0, 0.1) is 0 Å². The molecule has 4 aromatic carbocycles. The molecule has 0 heterocycles. The van der Waals surface area contributed by atoms with E-state index in [2.05, 4.69) is 10.6 Å². The summed E-state index contributed by atoms with van der Waals surface area (Å²) in [5, 5.41) is 16.9. The fourth-order valence-electron chi connectivity index (χ4n) is 4.89. The van der Waals surface area contributed by atoms with Gasteiger partial charge in [0.25, 0.3) is 0 Å². The molecule has 4 aromatic rings. The molecule has 216 valence electrons. The molecule has 1 aliphatic carbocycles. The number of nitrogens with two attached hydrogens (primary N) is 2. The van der Waals surface area contributed by atoms with Gasteiger partial charge in [-0.05, 0) is 60.4 Å². The lowest BCUT2D eigenvalue weighted by Gasteiger charge is -2.24. The van der Waals surface area contributed by atoms with Crippen molar-refractivity contribution < 1.29 is 26.4 Å². The van der Waals surface area contributed by atoms with Gasteiger partial charge in [0.1, 0.15) is 0 Å². The number of rotatable bonds is 10. The van der Waals surface area contributed by atoms with Crippen LogP contribution in [0.5, 0.6) is 0 Å². The van der Waals surface area contributed by atoms with Crippen molar-refractivity contribution in [3.05, 3.63) is 118 Å². The van der Waals surface area contributed by atoms with E-state index in [1.54, 1.807) is 60.7 Å². The van der Waals surface area contributed by atoms with E-state index in [9.17, 15) is 26.4 Å². The van der Waals surface area contributed by atoms with Gasteiger partial charge in [0.2, 0.25) is 20.0 Å². The van der Waals surface area contributed by atoms with Crippen LogP contribution in [-0.4, -0.2) is 41.5 Å². The van der Waals surface area contributed by atoms with Crippen LogP contribution in [0.15, 0.2) is 94.7 Å². The van der Waals surface area contributed by atoms with E-state index in [-0.39, 0.29) is 32.5 Å². The Morgan fingerprint density at radius 1 is 0.524 bits per heavy atom. The van der Waals surface area contributed by atoms with Gasteiger partial charge in [0, 0.05) is 35.6 Å². The first-order valence-electron chi connectivity index (χ1n) is 13.0. The summed E-state index contributed by atoms with van der Waals surface area (Å²) in [4.78, 5) is 27.4. The maximum absolute atomic E-state index is 13.7. The number of ketones is 2. The number of hydrogen-bond donors (Lipinski definition) is 4. The fraction of sp³-hybridized carbons (Fsp3) is 0.133. The molecule has 42 heavy (non-hydrogen) atoms. The third-order valence-electron chi connectivity index (χ3n) is 7.04. The van der Waals surface area contributed by atoms with E-state index in [0.29, 0.717) is 48.4 Å². The van der Waals surface area contributed by atoms with Crippen molar-refractivity contribution in [3.8, 4) is 0 Å². The van der Waals surface area contributed by atoms with Crippen LogP contribution < -0.4 is 20.9 Å². The highest BCUT2D eigenvalue weighted by Gasteiger charge is 2.33. The molecule has 0 radical (unpaired) electrons. The van der Waals surface area contributed by atoms with Crippen molar-refractivity contribution in [2.75, 3.05) is 23.7 Å². The van der Waals surface area contributed by atoms with Crippen LogP contribution in [0.3, 0.4) is 0 Å². The monoisotopic (exact) mass is 604 g/mol. The van der Waals surface area contributed by atoms with Crippen LogP contribution in [-0.2, 0) is 32.9 Å². The summed E-state index contributed by atoms with van der Waals surface area (Å²) in [5.41, 5.74) is 4.01. The largest absolute Gasteiger partial charge is 0.384 e. The van der Waals surface area contributed by atoms with E-state index >= 15 is 0 Å². The van der Waals surface area contributed by atoms with Gasteiger partial charge in [-0.3, -0.25) is 9.59 Å². The minimum Gasteiger partial charge on any atom is -0.384 e. The Bertz CT molecular complexity index is 1770. The van der Waals surface area contributed by atoms with Crippen LogP contribution >= 0.6 is 0 Å². The van der Waals surface area contributed by atoms with Gasteiger partial charge < -0.3 is 10.6 Å². The number of carbonyl (C=O) groups is 2. The molecule has 5 rings (SSSR count). The Morgan fingerprint density at radius 3 is 1.21 bits per heavy atom. The highest BCUT2D eigenvalue weighted by Crippen LogP contribution is 2.36. The highest BCUT2D eigenvalue weighted by molar-refractivity contribution is 7.89. The number of benzene rings is 4. The summed E-state index contributed by atoms with van der Waals surface area (Å²) in [6.07, 6.45) is 1.06. The van der Waals surface area contributed by atoms with Crippen LogP contribution in [0.4, 0.5) is 11.4 Å². The van der Waals surface area contributed by atoms with E-state index < -0.39 is 20.0 Å². The molecular formula is C30H28N4O6S2. The molecule has 0 saturated carbocycles. The summed E-state index contributed by atoms with van der Waals surface area (Å²) < 4.78 is 46.0. The Morgan fingerprint density at radius 2 is 0.881 bits per heavy atom. The number of carbonyl (C=O) groups excluding carboxylic acids is 2. The number of sulfonamides is 2. The predicted octanol–water partition coefficient (Wildman–Crippen LogP) is 3.07. The second kappa shape index (κ2) is 11.5. The smallest absolute Gasteiger partial charge is 0.238 e. The minimum absolute atomic E-state index is 0.0275. The van der Waals surface area contributed by atoms with Crippen molar-refractivity contribution in [1.29, 1.82) is 0 Å². The van der Waals surface area contributed by atoms with Gasteiger partial charge in [0.15, 0.2) is 11.6 Å². The first-order valence-corrected chi connectivity index (χ1v) is 16.1. The van der Waals surface area contributed by atoms with Crippen molar-refractivity contribution in [3.63, 3.8) is 0 Å². The average molecular weight is 605 g/mol. The first-order chi connectivity index (χ1) is 19.9. The van der Waals surface area contributed by atoms with Gasteiger partial charge in [0.05, 0.1) is 20.9 Å². The summed E-state index contributed by atoms with van der Waals surface area (Å²) in [6, 6.07) is 22.7. The number of anilines is 2. The van der Waals surface area contributed by atoms with Crippen LogP contribution in [0.1, 0.15) is 43.0 Å². The molecule has 0 unspecified atom stereocenters. The van der Waals surface area contributed by atoms with Crippen molar-refractivity contribution in [2.45, 2.75) is 22.6 Å². The zero-order valence-corrected chi connectivity index (χ0v) is 24.0. The number of nitrogens with one attached hydrogen (secondary N) is 2. The topological polar surface area (TPSA) is 179 Å². The standard InChI is InChI=1S/C30H28N4O6S2/c31-41(37,38)21-9-5-19(6-10-21)15-17-33-25-13-14-26(34-18-16-20-7-11-22(12-8-20)42(32,39)40)28-27(25)29(35)23-3-1-2-4-24(23)30(28)36/h1-14,33-34H,15-18H2,(H2,31,37,38)(H2,32,39,40). The second-order valence-corrected chi connectivity index (χ2v) is 13.0. The van der Waals surface area contributed by atoms with Gasteiger partial charge in [-0.1, -0.05) is 48.5 Å². The molecule has 0 atom stereocenters. The Kier molecular flexibility index (Phi) is 7.97. The Hall–Kier alpha value is -4.36. The molecule has 0 saturated heterocycles. The van der Waals surface area contributed by atoms with Crippen LogP contribution in [0.2, 0.25) is 0 Å². The van der Waals surface area contributed by atoms with E-state index in [0.717, 1.165) is 11.1 Å². The Labute approximate surface area is 243 Å². The van der Waals surface area contributed by atoms with Gasteiger partial charge in [-0.2, -0.15) is 0 Å². The molecule has 0 spiro atoms. The van der Waals surface area contributed by atoms with E-state index in [4.69, 9.17) is 10.3 Å². The lowest BCUT2D eigenvalue weighted by atomic mass is 9.82. The SMILES string of the molecule is NS(=O)(=O)c1ccc(CCNc2ccc(NCCc3ccc(S(N)(=O)=O)cc3)c3c2C(=O)c2ccccc2C3=O)cc1. The molecule has 0 fully saturated rings. The molecule has 0 aliphatic heterocycles. The number of primary sulfonamides is 2. The van der Waals surface area contributed by atoms with E-state index in [1.807, 2.05) is 0 Å². The lowest BCUT2D eigenvalue weighted by molar-refractivity contribution is 0.0980. The van der Waals surface area contributed by atoms with Gasteiger partial charge >= 0.3 is 0 Å². The first kappa shape index (κ1) is 29.1. The zero-order valence-electron chi connectivity index (χ0n) is 22.3. The summed E-state index contributed by atoms with van der Waals surface area (Å²) in [6.45, 7) is 0.844. The molecule has 1 aliphatic rings. The molecule has 6 N–H and O–H groups in total. The lowest BCUT2D eigenvalue weighted by Crippen LogP contribution is -2.25. The third-order valence-corrected chi connectivity index (χ3v) is 8.90. The van der Waals surface area contributed by atoms with Crippen LogP contribution in [0.25, 0.3) is 0 Å². The Balaban J connectivity index is 1.37. The molecule has 0 amide bonds. The van der Waals surface area contributed by atoms with Crippen molar-refractivity contribution >= 4 is 43.0 Å². The summed E-state index contributed by atoms with van der Waals surface area (Å²) in [7, 11) is -7.56. The number of fused-ring (bicyclic) bond motifs is 2. The fourth-order valence-corrected chi connectivity index (χ4v) is 5.92. The van der Waals surface area contributed by atoms with E-state index in [1.165, 1.54) is 24.3 Å². The maximum Gasteiger partial charge on any atom is 0.238 e. The zero-order chi connectivity index (χ0) is 30.1. The normalized spacial score (nSPS) is 12.9. The highest BCUT2D eigenvalue weighted by atomic mass is 32.2. The molecule has 12 heteroatoms. The van der Waals surface area contributed by atoms with Crippen molar-refractivity contribution in [2.24, 2.45) is 10.3 Å². The quantitative estimate of drug-likeness (QED) is 0.188. The molecule has 0 bridgehead atoms. The minimum atomic E-state index is -3.78. The summed E-state index contributed by atoms with van der Waals surface area (Å²) >= 11 is 0. The van der Waals surface area contributed by atoms with Gasteiger partial charge in [-0.15, -0.1) is 0 Å². The molecular weight excluding hydrogens is 576 g/mol. The molecule has 10 nitrogen and oxygen atoms in total. The third kappa shape index (κ3) is 6.11. The predicted molar refractivity (Wildman–Crippen MR) is 160 cm³/mol. The summed E-state index contributed by atoms with van der Waals surface area (Å²) in [5.74, 6) is -0.523. The second-order valence-electron chi connectivity index (χ2n) is 9.85. The average Bonchev–Trinajstić information content (AvgIpc) is 2.96.